The van der Waals surface area contributed by atoms with Gasteiger partial charge in [0.2, 0.25) is 5.43 Å². The first kappa shape index (κ1) is 12.9. The number of halogens is 2. The van der Waals surface area contributed by atoms with Crippen LogP contribution in [0.5, 0.6) is 0 Å². The molecule has 0 aliphatic carbocycles. The van der Waals surface area contributed by atoms with Crippen molar-refractivity contribution in [1.82, 2.24) is 4.57 Å². The largest absolute Gasteiger partial charge is 0.341 e. The Labute approximate surface area is 119 Å². The van der Waals surface area contributed by atoms with Crippen molar-refractivity contribution in [3.63, 3.8) is 0 Å². The lowest BCUT2D eigenvalue weighted by Crippen LogP contribution is -2.18. The quantitative estimate of drug-likeness (QED) is 0.700. The van der Waals surface area contributed by atoms with E-state index in [-0.39, 0.29) is 5.43 Å². The minimum Gasteiger partial charge on any atom is -0.341 e. The molecule has 0 spiro atoms. The van der Waals surface area contributed by atoms with Crippen molar-refractivity contribution in [2.45, 2.75) is 26.8 Å². The molecule has 0 bridgehead atoms. The fourth-order valence-electron chi connectivity index (χ4n) is 2.13. The first-order valence-corrected chi connectivity index (χ1v) is 6.89. The molecule has 2 rings (SSSR count). The van der Waals surface area contributed by atoms with Crippen LogP contribution in [0, 0.1) is 10.5 Å². The van der Waals surface area contributed by atoms with Gasteiger partial charge in [-0.05, 0) is 61.6 Å². The summed E-state index contributed by atoms with van der Waals surface area (Å²) in [6, 6.07) is 5.73. The highest BCUT2D eigenvalue weighted by Crippen LogP contribution is 2.24. The minimum absolute atomic E-state index is 0.0895. The molecule has 0 aliphatic heterocycles. The molecule has 0 amide bonds. The van der Waals surface area contributed by atoms with E-state index in [1.54, 1.807) is 12.1 Å². The molecular weight excluding hydrogens is 349 g/mol. The van der Waals surface area contributed by atoms with Gasteiger partial charge in [0.15, 0.2) is 0 Å². The smallest absolute Gasteiger partial charge is 0.202 e. The number of pyridine rings is 1. The zero-order valence-electron chi connectivity index (χ0n) is 9.92. The Kier molecular flexibility index (Phi) is 3.50. The predicted molar refractivity (Wildman–Crippen MR) is 81.1 cm³/mol. The summed E-state index contributed by atoms with van der Waals surface area (Å²) < 4.78 is 2.94. The number of nitrogens with zero attached hydrogens (tertiary/aromatic N) is 1. The monoisotopic (exact) mass is 361 g/mol. The highest BCUT2D eigenvalue weighted by atomic mass is 127. The molecule has 1 aromatic heterocycles. The predicted octanol–water partition coefficient (Wildman–Crippen LogP) is 4.15. The van der Waals surface area contributed by atoms with Crippen molar-refractivity contribution in [3.05, 3.63) is 42.7 Å². The Morgan fingerprint density at radius 3 is 2.59 bits per heavy atom. The van der Waals surface area contributed by atoms with Gasteiger partial charge in [0.1, 0.15) is 0 Å². The van der Waals surface area contributed by atoms with Crippen LogP contribution < -0.4 is 5.43 Å². The summed E-state index contributed by atoms with van der Waals surface area (Å²) in [6.07, 6.45) is 0. The molecule has 0 saturated heterocycles. The molecule has 90 valence electrons. The van der Waals surface area contributed by atoms with Crippen LogP contribution >= 0.6 is 34.2 Å². The molecular formula is C13H13ClINO. The standard InChI is InChI=1S/C13H13ClINO/c1-7(2)16-8(3)12(15)13(17)10-5-4-9(14)6-11(10)16/h4-7H,1-3H3. The zero-order chi connectivity index (χ0) is 12.7. The average Bonchev–Trinajstić information content (AvgIpc) is 2.25. The van der Waals surface area contributed by atoms with Crippen molar-refractivity contribution in [3.8, 4) is 0 Å². The van der Waals surface area contributed by atoms with Crippen molar-refractivity contribution < 1.29 is 0 Å². The van der Waals surface area contributed by atoms with E-state index in [1.807, 2.05) is 13.0 Å². The number of rotatable bonds is 1. The first-order chi connectivity index (χ1) is 7.93. The Morgan fingerprint density at radius 2 is 2.00 bits per heavy atom. The number of hydrogen-bond donors (Lipinski definition) is 0. The molecule has 0 fully saturated rings. The number of hydrogen-bond acceptors (Lipinski definition) is 1. The number of fused-ring (bicyclic) bond motifs is 1. The second-order valence-electron chi connectivity index (χ2n) is 4.35. The van der Waals surface area contributed by atoms with Gasteiger partial charge in [-0.15, -0.1) is 0 Å². The molecule has 0 unspecified atom stereocenters. The van der Waals surface area contributed by atoms with Crippen LogP contribution in [0.2, 0.25) is 5.02 Å². The highest BCUT2D eigenvalue weighted by molar-refractivity contribution is 14.1. The van der Waals surface area contributed by atoms with Gasteiger partial charge in [0.05, 0.1) is 9.09 Å². The summed E-state index contributed by atoms with van der Waals surface area (Å²) in [5.74, 6) is 0. The van der Waals surface area contributed by atoms with Gasteiger partial charge >= 0.3 is 0 Å². The third-order valence-corrected chi connectivity index (χ3v) is 4.36. The van der Waals surface area contributed by atoms with Gasteiger partial charge in [0.25, 0.3) is 0 Å². The van der Waals surface area contributed by atoms with Gasteiger partial charge in [0, 0.05) is 22.1 Å². The van der Waals surface area contributed by atoms with E-state index in [1.165, 1.54) is 0 Å². The van der Waals surface area contributed by atoms with E-state index in [2.05, 4.69) is 41.0 Å². The Hall–Kier alpha value is -0.550. The molecule has 2 nitrogen and oxygen atoms in total. The van der Waals surface area contributed by atoms with Gasteiger partial charge in [-0.25, -0.2) is 0 Å². The molecule has 0 aliphatic rings. The molecule has 0 N–H and O–H groups in total. The highest BCUT2D eigenvalue weighted by Gasteiger charge is 2.13. The Balaban J connectivity index is 3.05. The number of benzene rings is 1. The maximum atomic E-state index is 12.2. The SMILES string of the molecule is Cc1c(I)c(=O)c2ccc(Cl)cc2n1C(C)C. The topological polar surface area (TPSA) is 22.0 Å². The second kappa shape index (κ2) is 4.61. The van der Waals surface area contributed by atoms with E-state index in [0.717, 1.165) is 20.2 Å². The lowest BCUT2D eigenvalue weighted by molar-refractivity contribution is 0.599. The van der Waals surface area contributed by atoms with Gasteiger partial charge in [-0.3, -0.25) is 4.79 Å². The third-order valence-electron chi connectivity index (χ3n) is 2.86. The van der Waals surface area contributed by atoms with Crippen molar-refractivity contribution in [2.24, 2.45) is 0 Å². The summed E-state index contributed by atoms with van der Waals surface area (Å²) in [7, 11) is 0. The summed E-state index contributed by atoms with van der Waals surface area (Å²) in [4.78, 5) is 12.2. The lowest BCUT2D eigenvalue weighted by Gasteiger charge is -2.19. The molecule has 17 heavy (non-hydrogen) atoms. The number of aromatic nitrogens is 1. The molecule has 0 atom stereocenters. The van der Waals surface area contributed by atoms with Crippen LogP contribution in [0.15, 0.2) is 23.0 Å². The van der Waals surface area contributed by atoms with E-state index in [0.29, 0.717) is 11.1 Å². The van der Waals surface area contributed by atoms with Gasteiger partial charge in [-0.1, -0.05) is 11.6 Å². The molecule has 0 radical (unpaired) electrons. The zero-order valence-corrected chi connectivity index (χ0v) is 12.8. The third kappa shape index (κ3) is 2.10. The molecule has 0 saturated carbocycles. The Morgan fingerprint density at radius 1 is 1.35 bits per heavy atom. The second-order valence-corrected chi connectivity index (χ2v) is 5.87. The van der Waals surface area contributed by atoms with Crippen LogP contribution in [0.3, 0.4) is 0 Å². The summed E-state index contributed by atoms with van der Waals surface area (Å²) in [5, 5.41) is 1.39. The van der Waals surface area contributed by atoms with Gasteiger partial charge < -0.3 is 4.57 Å². The summed E-state index contributed by atoms with van der Waals surface area (Å²) in [5.41, 5.74) is 2.00. The van der Waals surface area contributed by atoms with Crippen molar-refractivity contribution >= 4 is 45.1 Å². The fraction of sp³-hybridized carbons (Fsp3) is 0.308. The summed E-state index contributed by atoms with van der Waals surface area (Å²) >= 11 is 8.14. The first-order valence-electron chi connectivity index (χ1n) is 5.43. The van der Waals surface area contributed by atoms with Crippen molar-refractivity contribution in [2.75, 3.05) is 0 Å². The molecule has 2 aromatic rings. The normalized spacial score (nSPS) is 11.4. The fourth-order valence-corrected chi connectivity index (χ4v) is 2.85. The van der Waals surface area contributed by atoms with Crippen molar-refractivity contribution in [1.29, 1.82) is 0 Å². The van der Waals surface area contributed by atoms with Crippen LogP contribution in [-0.2, 0) is 0 Å². The van der Waals surface area contributed by atoms with E-state index < -0.39 is 0 Å². The Bertz CT molecular complexity index is 646. The maximum Gasteiger partial charge on any atom is 0.202 e. The van der Waals surface area contributed by atoms with Crippen LogP contribution in [0.4, 0.5) is 0 Å². The average molecular weight is 362 g/mol. The molecule has 1 heterocycles. The van der Waals surface area contributed by atoms with Crippen LogP contribution in [-0.4, -0.2) is 4.57 Å². The lowest BCUT2D eigenvalue weighted by atomic mass is 10.1. The van der Waals surface area contributed by atoms with E-state index in [4.69, 9.17) is 11.6 Å². The summed E-state index contributed by atoms with van der Waals surface area (Å²) in [6.45, 7) is 6.19. The van der Waals surface area contributed by atoms with Crippen LogP contribution in [0.1, 0.15) is 25.6 Å². The minimum atomic E-state index is 0.0895. The maximum absolute atomic E-state index is 12.2. The molecule has 1 aromatic carbocycles. The molecule has 4 heteroatoms. The van der Waals surface area contributed by atoms with E-state index in [9.17, 15) is 4.79 Å². The van der Waals surface area contributed by atoms with Crippen LogP contribution in [0.25, 0.3) is 10.9 Å². The van der Waals surface area contributed by atoms with Gasteiger partial charge in [-0.2, -0.15) is 0 Å². The van der Waals surface area contributed by atoms with E-state index >= 15 is 0 Å².